The first-order valence-electron chi connectivity index (χ1n) is 11.9. The lowest BCUT2D eigenvalue weighted by Crippen LogP contribution is -2.49. The Kier molecular flexibility index (Phi) is 5.49. The van der Waals surface area contributed by atoms with Crippen LogP contribution in [0.5, 0.6) is 5.75 Å². The zero-order chi connectivity index (χ0) is 23.9. The van der Waals surface area contributed by atoms with Crippen molar-refractivity contribution < 1.29 is 9.90 Å². The Balaban J connectivity index is 1.26. The number of aromatic hydroxyl groups is 1. The van der Waals surface area contributed by atoms with Gasteiger partial charge in [0.1, 0.15) is 5.75 Å². The molecule has 35 heavy (non-hydrogen) atoms. The lowest BCUT2D eigenvalue weighted by Gasteiger charge is -2.36. The van der Waals surface area contributed by atoms with Gasteiger partial charge in [-0.05, 0) is 48.9 Å². The van der Waals surface area contributed by atoms with Crippen molar-refractivity contribution in [3.8, 4) is 22.3 Å². The number of carbonyl (C=O) groups is 1. The van der Waals surface area contributed by atoms with Crippen molar-refractivity contribution >= 4 is 22.9 Å². The second kappa shape index (κ2) is 8.81. The first kappa shape index (κ1) is 21.8. The summed E-state index contributed by atoms with van der Waals surface area (Å²) >= 11 is 1.64. The summed E-state index contributed by atoms with van der Waals surface area (Å²) in [5, 5.41) is 16.8. The number of phenolic OH excluding ortho intramolecular Hbond substituents is 1. The van der Waals surface area contributed by atoms with Crippen LogP contribution in [0.2, 0.25) is 0 Å². The second-order valence-electron chi connectivity index (χ2n) is 9.08. The molecule has 178 valence electrons. The molecule has 2 fully saturated rings. The largest absolute Gasteiger partial charge is 0.506 e. The quantitative estimate of drug-likeness (QED) is 0.454. The van der Waals surface area contributed by atoms with Crippen LogP contribution in [-0.2, 0) is 0 Å². The number of anilines is 1. The molecular formula is C26H26N6O2S. The molecule has 1 aliphatic carbocycles. The van der Waals surface area contributed by atoms with E-state index in [4.69, 9.17) is 4.98 Å². The van der Waals surface area contributed by atoms with E-state index in [0.717, 1.165) is 40.4 Å². The van der Waals surface area contributed by atoms with E-state index in [1.165, 1.54) is 0 Å². The SMILES string of the molecule is Cc1cnc(-n2ncc(C(=O)N3CCN(c4ccccc4O)CC3)c2C2CC2)nc1-c1cccs1. The molecule has 9 heteroatoms. The second-order valence-corrected chi connectivity index (χ2v) is 10.0. The third kappa shape index (κ3) is 4.05. The summed E-state index contributed by atoms with van der Waals surface area (Å²) in [6, 6.07) is 11.4. The summed E-state index contributed by atoms with van der Waals surface area (Å²) in [6.45, 7) is 4.52. The number of amides is 1. The summed E-state index contributed by atoms with van der Waals surface area (Å²) in [5.74, 6) is 1.07. The summed E-state index contributed by atoms with van der Waals surface area (Å²) in [7, 11) is 0. The standard InChI is InChI=1S/C26H26N6O2S/c1-17-15-27-26(29-23(17)22-7-4-14-35-22)32-24(18-8-9-18)19(16-28-32)25(34)31-12-10-30(11-13-31)20-5-2-3-6-21(20)33/h2-7,14-16,18,33H,8-13H2,1H3. The molecule has 4 heterocycles. The van der Waals surface area contributed by atoms with E-state index < -0.39 is 0 Å². The average Bonchev–Trinajstić information content (AvgIpc) is 3.38. The lowest BCUT2D eigenvalue weighted by molar-refractivity contribution is 0.0745. The van der Waals surface area contributed by atoms with Crippen molar-refractivity contribution in [2.45, 2.75) is 25.7 Å². The van der Waals surface area contributed by atoms with Gasteiger partial charge in [-0.3, -0.25) is 4.79 Å². The Morgan fingerprint density at radius 2 is 1.86 bits per heavy atom. The molecule has 4 aromatic rings. The number of carbonyl (C=O) groups excluding carboxylic acids is 1. The number of nitrogens with zero attached hydrogens (tertiary/aromatic N) is 6. The minimum Gasteiger partial charge on any atom is -0.506 e. The normalized spacial score (nSPS) is 16.0. The zero-order valence-corrected chi connectivity index (χ0v) is 20.3. The van der Waals surface area contributed by atoms with E-state index in [-0.39, 0.29) is 11.7 Å². The predicted octanol–water partition coefficient (Wildman–Crippen LogP) is 4.24. The number of aromatic nitrogens is 4. The number of thiophene rings is 1. The van der Waals surface area contributed by atoms with Crippen LogP contribution < -0.4 is 4.90 Å². The van der Waals surface area contributed by atoms with Gasteiger partial charge >= 0.3 is 0 Å². The molecule has 1 N–H and O–H groups in total. The van der Waals surface area contributed by atoms with Gasteiger partial charge in [-0.15, -0.1) is 11.3 Å². The van der Waals surface area contributed by atoms with Crippen LogP contribution in [0.4, 0.5) is 5.69 Å². The Labute approximate surface area is 207 Å². The Morgan fingerprint density at radius 3 is 2.57 bits per heavy atom. The van der Waals surface area contributed by atoms with Gasteiger partial charge in [0.25, 0.3) is 11.9 Å². The molecule has 0 atom stereocenters. The molecule has 1 aliphatic heterocycles. The van der Waals surface area contributed by atoms with Crippen molar-refractivity contribution in [2.75, 3.05) is 31.1 Å². The maximum Gasteiger partial charge on any atom is 0.257 e. The fourth-order valence-corrected chi connectivity index (χ4v) is 5.46. The molecule has 0 bridgehead atoms. The van der Waals surface area contributed by atoms with Crippen LogP contribution in [0, 0.1) is 6.92 Å². The number of para-hydroxylation sites is 2. The highest BCUT2D eigenvalue weighted by molar-refractivity contribution is 7.13. The van der Waals surface area contributed by atoms with E-state index >= 15 is 0 Å². The minimum absolute atomic E-state index is 0.000626. The maximum atomic E-state index is 13.6. The number of hydrogen-bond donors (Lipinski definition) is 1. The number of aryl methyl sites for hydroxylation is 1. The lowest BCUT2D eigenvalue weighted by atomic mass is 10.1. The van der Waals surface area contributed by atoms with Gasteiger partial charge < -0.3 is 14.9 Å². The number of rotatable bonds is 5. The van der Waals surface area contributed by atoms with Crippen LogP contribution in [0.15, 0.2) is 54.2 Å². The van der Waals surface area contributed by atoms with Gasteiger partial charge in [-0.25, -0.2) is 14.6 Å². The third-order valence-corrected chi connectivity index (χ3v) is 7.57. The van der Waals surface area contributed by atoms with Gasteiger partial charge in [0, 0.05) is 38.3 Å². The molecule has 8 nitrogen and oxygen atoms in total. The monoisotopic (exact) mass is 486 g/mol. The fourth-order valence-electron chi connectivity index (χ4n) is 4.68. The van der Waals surface area contributed by atoms with E-state index in [9.17, 15) is 9.90 Å². The molecule has 2 aliphatic rings. The number of phenols is 1. The molecule has 3 aromatic heterocycles. The van der Waals surface area contributed by atoms with Gasteiger partial charge in [0.2, 0.25) is 0 Å². The summed E-state index contributed by atoms with van der Waals surface area (Å²) < 4.78 is 1.76. The predicted molar refractivity (Wildman–Crippen MR) is 135 cm³/mol. The highest BCUT2D eigenvalue weighted by Gasteiger charge is 2.35. The fraction of sp³-hybridized carbons (Fsp3) is 0.308. The minimum atomic E-state index is 0.000626. The molecule has 1 amide bonds. The summed E-state index contributed by atoms with van der Waals surface area (Å²) in [4.78, 5) is 28.1. The highest BCUT2D eigenvalue weighted by Crippen LogP contribution is 2.42. The van der Waals surface area contributed by atoms with E-state index in [1.807, 2.05) is 47.7 Å². The third-order valence-electron chi connectivity index (χ3n) is 6.69. The molecule has 0 unspecified atom stereocenters. The average molecular weight is 487 g/mol. The first-order valence-corrected chi connectivity index (χ1v) is 12.8. The Morgan fingerprint density at radius 1 is 1.06 bits per heavy atom. The van der Waals surface area contributed by atoms with Crippen LogP contribution in [0.25, 0.3) is 16.5 Å². The summed E-state index contributed by atoms with van der Waals surface area (Å²) in [5.41, 5.74) is 4.28. The smallest absolute Gasteiger partial charge is 0.257 e. The van der Waals surface area contributed by atoms with Gasteiger partial charge in [0.05, 0.1) is 33.7 Å². The Hall–Kier alpha value is -3.72. The van der Waals surface area contributed by atoms with Crippen molar-refractivity contribution in [1.29, 1.82) is 0 Å². The Bertz CT molecular complexity index is 1370. The maximum absolute atomic E-state index is 13.6. The topological polar surface area (TPSA) is 87.4 Å². The first-order chi connectivity index (χ1) is 17.1. The van der Waals surface area contributed by atoms with Gasteiger partial charge in [-0.1, -0.05) is 18.2 Å². The molecule has 6 rings (SSSR count). The molecule has 1 aromatic carbocycles. The van der Waals surface area contributed by atoms with E-state index in [0.29, 0.717) is 43.6 Å². The van der Waals surface area contributed by atoms with E-state index in [1.54, 1.807) is 28.3 Å². The molecule has 1 saturated carbocycles. The van der Waals surface area contributed by atoms with Gasteiger partial charge in [-0.2, -0.15) is 5.10 Å². The molecular weight excluding hydrogens is 460 g/mol. The number of hydrogen-bond acceptors (Lipinski definition) is 7. The van der Waals surface area contributed by atoms with Crippen molar-refractivity contribution in [1.82, 2.24) is 24.6 Å². The van der Waals surface area contributed by atoms with Gasteiger partial charge in [0.15, 0.2) is 0 Å². The molecule has 0 radical (unpaired) electrons. The highest BCUT2D eigenvalue weighted by atomic mass is 32.1. The van der Waals surface area contributed by atoms with Crippen LogP contribution in [-0.4, -0.2) is 61.8 Å². The number of benzene rings is 1. The van der Waals surface area contributed by atoms with Crippen molar-refractivity contribution in [3.63, 3.8) is 0 Å². The van der Waals surface area contributed by atoms with Crippen LogP contribution in [0.1, 0.15) is 40.4 Å². The number of piperazine rings is 1. The van der Waals surface area contributed by atoms with Crippen molar-refractivity contribution in [3.05, 3.63) is 71.0 Å². The zero-order valence-electron chi connectivity index (χ0n) is 19.5. The summed E-state index contributed by atoms with van der Waals surface area (Å²) in [6.07, 6.45) is 5.59. The van der Waals surface area contributed by atoms with Crippen molar-refractivity contribution in [2.24, 2.45) is 0 Å². The van der Waals surface area contributed by atoms with Crippen LogP contribution >= 0.6 is 11.3 Å². The van der Waals surface area contributed by atoms with Crippen LogP contribution in [0.3, 0.4) is 0 Å². The van der Waals surface area contributed by atoms with E-state index in [2.05, 4.69) is 21.0 Å². The molecule has 0 spiro atoms. The molecule has 1 saturated heterocycles.